The van der Waals surface area contributed by atoms with Gasteiger partial charge in [0.2, 0.25) is 0 Å². The highest BCUT2D eigenvalue weighted by molar-refractivity contribution is 5.48. The fourth-order valence-electron chi connectivity index (χ4n) is 1.47. The van der Waals surface area contributed by atoms with E-state index in [4.69, 9.17) is 9.47 Å². The average Bonchev–Trinajstić information content (AvgIpc) is 2.87. The summed E-state index contributed by atoms with van der Waals surface area (Å²) in [6.45, 7) is 0. The Labute approximate surface area is 102 Å². The summed E-state index contributed by atoms with van der Waals surface area (Å²) >= 11 is 0. The van der Waals surface area contributed by atoms with Crippen molar-refractivity contribution in [2.75, 3.05) is 14.2 Å². The maximum atomic E-state index is 12.4. The topological polar surface area (TPSA) is 49.2 Å². The molecule has 5 nitrogen and oxygen atoms in total. The van der Waals surface area contributed by atoms with Crippen LogP contribution in [0.5, 0.6) is 11.5 Å². The second-order valence-electron chi connectivity index (χ2n) is 3.43. The summed E-state index contributed by atoms with van der Waals surface area (Å²) in [5, 5.41) is 7.01. The third-order valence-electron chi connectivity index (χ3n) is 2.37. The quantitative estimate of drug-likeness (QED) is 0.840. The van der Waals surface area contributed by atoms with Crippen LogP contribution in [0.15, 0.2) is 24.4 Å². The van der Waals surface area contributed by atoms with Crippen LogP contribution in [0.2, 0.25) is 0 Å². The third kappa shape index (κ3) is 2.24. The highest BCUT2D eigenvalue weighted by Crippen LogP contribution is 2.29. The molecule has 0 saturated heterocycles. The fraction of sp³-hybridized carbons (Fsp3) is 0.273. The number of alkyl halides is 2. The minimum Gasteiger partial charge on any atom is -0.493 e. The van der Waals surface area contributed by atoms with Crippen molar-refractivity contribution in [3.05, 3.63) is 30.1 Å². The minimum absolute atomic E-state index is 0.371. The molecule has 0 bridgehead atoms. The number of methoxy groups -OCH3 is 2. The summed E-state index contributed by atoms with van der Waals surface area (Å²) in [4.78, 5) is 0. The first-order valence-electron chi connectivity index (χ1n) is 5.08. The molecule has 18 heavy (non-hydrogen) atoms. The summed E-state index contributed by atoms with van der Waals surface area (Å²) < 4.78 is 36.3. The van der Waals surface area contributed by atoms with Gasteiger partial charge in [-0.3, -0.25) is 0 Å². The molecule has 0 fully saturated rings. The number of nitrogens with zero attached hydrogens (tertiary/aromatic N) is 3. The number of halogens is 2. The fourth-order valence-corrected chi connectivity index (χ4v) is 1.47. The van der Waals surface area contributed by atoms with Gasteiger partial charge in [0.05, 0.1) is 26.1 Å². The van der Waals surface area contributed by atoms with E-state index in [1.807, 2.05) is 0 Å². The molecule has 1 heterocycles. The van der Waals surface area contributed by atoms with E-state index in [2.05, 4.69) is 10.3 Å². The first kappa shape index (κ1) is 12.3. The van der Waals surface area contributed by atoms with Crippen molar-refractivity contribution in [1.29, 1.82) is 0 Å². The van der Waals surface area contributed by atoms with Gasteiger partial charge in [0.15, 0.2) is 11.5 Å². The SMILES string of the molecule is COc1ccc(-n2cc(C(F)F)nn2)cc1OC. The van der Waals surface area contributed by atoms with Crippen LogP contribution in [-0.4, -0.2) is 29.2 Å². The van der Waals surface area contributed by atoms with Gasteiger partial charge in [0.25, 0.3) is 6.43 Å². The monoisotopic (exact) mass is 255 g/mol. The lowest BCUT2D eigenvalue weighted by molar-refractivity contribution is 0.146. The van der Waals surface area contributed by atoms with Crippen molar-refractivity contribution < 1.29 is 18.3 Å². The number of hydrogen-bond acceptors (Lipinski definition) is 4. The van der Waals surface area contributed by atoms with Crippen molar-refractivity contribution in [3.8, 4) is 17.2 Å². The predicted molar refractivity (Wildman–Crippen MR) is 59.4 cm³/mol. The predicted octanol–water partition coefficient (Wildman–Crippen LogP) is 2.22. The third-order valence-corrected chi connectivity index (χ3v) is 2.37. The van der Waals surface area contributed by atoms with E-state index >= 15 is 0 Å². The Hall–Kier alpha value is -2.18. The molecular formula is C11H11F2N3O2. The van der Waals surface area contributed by atoms with Gasteiger partial charge in [-0.25, -0.2) is 13.5 Å². The highest BCUT2D eigenvalue weighted by atomic mass is 19.3. The summed E-state index contributed by atoms with van der Waals surface area (Å²) in [7, 11) is 3.01. The Morgan fingerprint density at radius 3 is 2.44 bits per heavy atom. The largest absolute Gasteiger partial charge is 0.493 e. The molecule has 0 aliphatic rings. The van der Waals surface area contributed by atoms with Crippen molar-refractivity contribution in [1.82, 2.24) is 15.0 Å². The van der Waals surface area contributed by atoms with Gasteiger partial charge >= 0.3 is 0 Å². The molecule has 7 heteroatoms. The summed E-state index contributed by atoms with van der Waals surface area (Å²) in [6, 6.07) is 4.96. The van der Waals surface area contributed by atoms with E-state index in [1.54, 1.807) is 18.2 Å². The van der Waals surface area contributed by atoms with Crippen LogP contribution in [0.3, 0.4) is 0 Å². The lowest BCUT2D eigenvalue weighted by Gasteiger charge is -2.08. The Balaban J connectivity index is 2.38. The van der Waals surface area contributed by atoms with Crippen molar-refractivity contribution in [2.24, 2.45) is 0 Å². The van der Waals surface area contributed by atoms with Gasteiger partial charge in [0, 0.05) is 6.07 Å². The molecule has 2 rings (SSSR count). The van der Waals surface area contributed by atoms with Gasteiger partial charge in [-0.05, 0) is 12.1 Å². The van der Waals surface area contributed by atoms with Crippen LogP contribution < -0.4 is 9.47 Å². The van der Waals surface area contributed by atoms with Crippen LogP contribution in [0.1, 0.15) is 12.1 Å². The van der Waals surface area contributed by atoms with Crippen molar-refractivity contribution >= 4 is 0 Å². The van der Waals surface area contributed by atoms with E-state index in [0.29, 0.717) is 17.2 Å². The number of aromatic nitrogens is 3. The van der Waals surface area contributed by atoms with Crippen molar-refractivity contribution in [2.45, 2.75) is 6.43 Å². The lowest BCUT2D eigenvalue weighted by Crippen LogP contribution is -1.97. The van der Waals surface area contributed by atoms with E-state index in [1.165, 1.54) is 25.1 Å². The molecule has 96 valence electrons. The van der Waals surface area contributed by atoms with Crippen LogP contribution in [-0.2, 0) is 0 Å². The minimum atomic E-state index is -2.64. The van der Waals surface area contributed by atoms with E-state index < -0.39 is 6.43 Å². The standard InChI is InChI=1S/C11H11F2N3O2/c1-17-9-4-3-7(5-10(9)18-2)16-6-8(11(12)13)14-15-16/h3-6,11H,1-2H3. The lowest BCUT2D eigenvalue weighted by atomic mass is 10.3. The number of ether oxygens (including phenoxy) is 2. The first-order valence-corrected chi connectivity index (χ1v) is 5.08. The smallest absolute Gasteiger partial charge is 0.283 e. The van der Waals surface area contributed by atoms with Gasteiger partial charge in [0.1, 0.15) is 5.69 Å². The van der Waals surface area contributed by atoms with Gasteiger partial charge in [-0.15, -0.1) is 5.10 Å². The summed E-state index contributed by atoms with van der Waals surface area (Å²) in [5.41, 5.74) is 0.192. The molecule has 0 atom stereocenters. The molecule has 0 spiro atoms. The molecular weight excluding hydrogens is 244 g/mol. The average molecular weight is 255 g/mol. The van der Waals surface area contributed by atoms with Crippen LogP contribution in [0.4, 0.5) is 8.78 Å². The zero-order valence-electron chi connectivity index (χ0n) is 9.80. The molecule has 1 aromatic heterocycles. The van der Waals surface area contributed by atoms with Crippen LogP contribution in [0, 0.1) is 0 Å². The van der Waals surface area contributed by atoms with E-state index in [-0.39, 0.29) is 5.69 Å². The number of rotatable bonds is 4. The molecule has 0 radical (unpaired) electrons. The van der Waals surface area contributed by atoms with Gasteiger partial charge in [-0.1, -0.05) is 5.21 Å². The Morgan fingerprint density at radius 1 is 1.17 bits per heavy atom. The summed E-state index contributed by atoms with van der Waals surface area (Å²) in [6.07, 6.45) is -1.47. The second kappa shape index (κ2) is 4.99. The zero-order chi connectivity index (χ0) is 13.1. The molecule has 0 unspecified atom stereocenters. The molecule has 0 N–H and O–H groups in total. The molecule has 0 aliphatic heterocycles. The number of hydrogen-bond donors (Lipinski definition) is 0. The highest BCUT2D eigenvalue weighted by Gasteiger charge is 2.13. The molecule has 0 aliphatic carbocycles. The van der Waals surface area contributed by atoms with Crippen molar-refractivity contribution in [3.63, 3.8) is 0 Å². The second-order valence-corrected chi connectivity index (χ2v) is 3.43. The van der Waals surface area contributed by atoms with Crippen LogP contribution >= 0.6 is 0 Å². The Kier molecular flexibility index (Phi) is 3.40. The first-order chi connectivity index (χ1) is 8.65. The van der Waals surface area contributed by atoms with Crippen LogP contribution in [0.25, 0.3) is 5.69 Å². The van der Waals surface area contributed by atoms with Gasteiger partial charge in [-0.2, -0.15) is 0 Å². The van der Waals surface area contributed by atoms with E-state index in [9.17, 15) is 8.78 Å². The van der Waals surface area contributed by atoms with Gasteiger partial charge < -0.3 is 9.47 Å². The number of benzene rings is 1. The summed E-state index contributed by atoms with van der Waals surface area (Å²) in [5.74, 6) is 1.04. The molecule has 2 aromatic rings. The maximum Gasteiger partial charge on any atom is 0.283 e. The zero-order valence-corrected chi connectivity index (χ0v) is 9.80. The maximum absolute atomic E-state index is 12.4. The molecule has 1 aromatic carbocycles. The normalized spacial score (nSPS) is 10.7. The Bertz CT molecular complexity index is 543. The molecule has 0 amide bonds. The Morgan fingerprint density at radius 2 is 1.89 bits per heavy atom. The molecule has 0 saturated carbocycles. The van der Waals surface area contributed by atoms with E-state index in [0.717, 1.165) is 0 Å².